The number of methoxy groups -OCH3 is 2. The summed E-state index contributed by atoms with van der Waals surface area (Å²) in [5.41, 5.74) is 6.91. The number of fused-ring (bicyclic) bond motifs is 1. The number of rotatable bonds is 5. The van der Waals surface area contributed by atoms with Gasteiger partial charge in [-0.1, -0.05) is 0 Å². The standard InChI is InChI=1S/C17H24N4O3/c1-4-24-11-6-5-7-21(10-11)17-19-13-9-15(23-3)14(22-2)8-12(13)16(18)20-17/h8-9,11H,4-7,10H2,1-3H3,(H2,18,19,20). The maximum absolute atomic E-state index is 6.17. The Balaban J connectivity index is 1.97. The summed E-state index contributed by atoms with van der Waals surface area (Å²) in [5, 5.41) is 0.759. The fourth-order valence-corrected chi connectivity index (χ4v) is 3.10. The highest BCUT2D eigenvalue weighted by atomic mass is 16.5. The van der Waals surface area contributed by atoms with E-state index in [1.54, 1.807) is 14.2 Å². The van der Waals surface area contributed by atoms with Crippen LogP contribution in [-0.2, 0) is 4.74 Å². The second-order valence-electron chi connectivity index (χ2n) is 5.80. The largest absolute Gasteiger partial charge is 0.493 e. The Morgan fingerprint density at radius 3 is 2.67 bits per heavy atom. The first-order chi connectivity index (χ1) is 11.7. The number of ether oxygens (including phenoxy) is 3. The number of benzene rings is 1. The van der Waals surface area contributed by atoms with Gasteiger partial charge in [-0.15, -0.1) is 0 Å². The molecule has 0 amide bonds. The zero-order chi connectivity index (χ0) is 17.1. The van der Waals surface area contributed by atoms with E-state index >= 15 is 0 Å². The number of nitrogens with two attached hydrogens (primary N) is 1. The van der Waals surface area contributed by atoms with Gasteiger partial charge in [0.2, 0.25) is 5.95 Å². The van der Waals surface area contributed by atoms with Crippen LogP contribution in [0.5, 0.6) is 11.5 Å². The van der Waals surface area contributed by atoms with Crippen LogP contribution in [0, 0.1) is 0 Å². The average Bonchev–Trinajstić information content (AvgIpc) is 2.61. The van der Waals surface area contributed by atoms with E-state index < -0.39 is 0 Å². The SMILES string of the molecule is CCOC1CCCN(c2nc(N)c3cc(OC)c(OC)cc3n2)C1. The summed E-state index contributed by atoms with van der Waals surface area (Å²) < 4.78 is 16.4. The van der Waals surface area contributed by atoms with Crippen LogP contribution in [0.4, 0.5) is 11.8 Å². The molecular weight excluding hydrogens is 308 g/mol. The minimum atomic E-state index is 0.217. The molecule has 1 aliphatic heterocycles. The molecule has 0 spiro atoms. The van der Waals surface area contributed by atoms with E-state index in [2.05, 4.69) is 14.9 Å². The lowest BCUT2D eigenvalue weighted by Gasteiger charge is -2.32. The Morgan fingerprint density at radius 1 is 1.21 bits per heavy atom. The highest BCUT2D eigenvalue weighted by Crippen LogP contribution is 2.34. The molecule has 3 rings (SSSR count). The van der Waals surface area contributed by atoms with E-state index in [-0.39, 0.29) is 6.10 Å². The molecule has 130 valence electrons. The first kappa shape index (κ1) is 16.6. The van der Waals surface area contributed by atoms with Crippen molar-refractivity contribution in [2.75, 3.05) is 44.5 Å². The van der Waals surface area contributed by atoms with Gasteiger partial charge in [-0.3, -0.25) is 0 Å². The van der Waals surface area contributed by atoms with E-state index in [1.807, 2.05) is 19.1 Å². The van der Waals surface area contributed by atoms with E-state index in [9.17, 15) is 0 Å². The van der Waals surface area contributed by atoms with Crippen LogP contribution in [-0.4, -0.2) is 50.0 Å². The highest BCUT2D eigenvalue weighted by molar-refractivity contribution is 5.91. The first-order valence-corrected chi connectivity index (χ1v) is 8.22. The molecule has 0 saturated carbocycles. The molecule has 0 radical (unpaired) electrons. The van der Waals surface area contributed by atoms with Crippen LogP contribution in [0.2, 0.25) is 0 Å². The summed E-state index contributed by atoms with van der Waals surface area (Å²) >= 11 is 0. The molecule has 1 unspecified atom stereocenters. The van der Waals surface area contributed by atoms with Gasteiger partial charge in [-0.05, 0) is 25.8 Å². The van der Waals surface area contributed by atoms with Gasteiger partial charge >= 0.3 is 0 Å². The lowest BCUT2D eigenvalue weighted by Crippen LogP contribution is -2.40. The molecule has 7 heteroatoms. The third-order valence-corrected chi connectivity index (χ3v) is 4.28. The van der Waals surface area contributed by atoms with E-state index in [4.69, 9.17) is 19.9 Å². The topological polar surface area (TPSA) is 82.7 Å². The van der Waals surface area contributed by atoms with Gasteiger partial charge in [-0.2, -0.15) is 4.98 Å². The van der Waals surface area contributed by atoms with Crippen LogP contribution in [0.25, 0.3) is 10.9 Å². The molecule has 2 N–H and O–H groups in total. The van der Waals surface area contributed by atoms with Crippen molar-refractivity contribution in [2.24, 2.45) is 0 Å². The molecule has 1 aromatic heterocycles. The number of piperidine rings is 1. The summed E-state index contributed by atoms with van der Waals surface area (Å²) in [6, 6.07) is 3.65. The van der Waals surface area contributed by atoms with Gasteiger partial charge in [0, 0.05) is 31.1 Å². The Labute approximate surface area is 141 Å². The number of hydrogen-bond acceptors (Lipinski definition) is 7. The second kappa shape index (κ2) is 7.09. The van der Waals surface area contributed by atoms with Crippen molar-refractivity contribution < 1.29 is 14.2 Å². The molecule has 7 nitrogen and oxygen atoms in total. The van der Waals surface area contributed by atoms with Crippen LogP contribution in [0.3, 0.4) is 0 Å². The maximum Gasteiger partial charge on any atom is 0.227 e. The summed E-state index contributed by atoms with van der Waals surface area (Å²) in [6.45, 7) is 4.42. The summed E-state index contributed by atoms with van der Waals surface area (Å²) in [5.74, 6) is 2.31. The minimum absolute atomic E-state index is 0.217. The van der Waals surface area contributed by atoms with Gasteiger partial charge in [0.15, 0.2) is 11.5 Å². The van der Waals surface area contributed by atoms with Crippen LogP contribution in [0.1, 0.15) is 19.8 Å². The third kappa shape index (κ3) is 3.17. The molecule has 2 aromatic rings. The smallest absolute Gasteiger partial charge is 0.227 e. The van der Waals surface area contributed by atoms with Crippen LogP contribution < -0.4 is 20.1 Å². The molecule has 1 saturated heterocycles. The predicted molar refractivity (Wildman–Crippen MR) is 93.9 cm³/mol. The summed E-state index contributed by atoms with van der Waals surface area (Å²) in [7, 11) is 3.20. The van der Waals surface area contributed by atoms with Crippen molar-refractivity contribution in [3.05, 3.63) is 12.1 Å². The van der Waals surface area contributed by atoms with E-state index in [0.29, 0.717) is 23.3 Å². The summed E-state index contributed by atoms with van der Waals surface area (Å²) in [4.78, 5) is 11.3. The molecule has 0 aliphatic carbocycles. The van der Waals surface area contributed by atoms with Gasteiger partial charge in [-0.25, -0.2) is 4.98 Å². The van der Waals surface area contributed by atoms with Crippen molar-refractivity contribution in [1.82, 2.24) is 9.97 Å². The van der Waals surface area contributed by atoms with Crippen LogP contribution >= 0.6 is 0 Å². The zero-order valence-electron chi connectivity index (χ0n) is 14.4. The number of nitrogen functional groups attached to an aromatic ring is 1. The Kier molecular flexibility index (Phi) is 4.89. The quantitative estimate of drug-likeness (QED) is 0.899. The molecule has 24 heavy (non-hydrogen) atoms. The van der Waals surface area contributed by atoms with Crippen molar-refractivity contribution in [3.63, 3.8) is 0 Å². The molecule has 2 heterocycles. The normalized spacial score (nSPS) is 18.0. The maximum atomic E-state index is 6.17. The van der Waals surface area contributed by atoms with Gasteiger partial charge in [0.05, 0.1) is 25.8 Å². The fraction of sp³-hybridized carbons (Fsp3) is 0.529. The molecule has 1 aromatic carbocycles. The monoisotopic (exact) mass is 332 g/mol. The Bertz CT molecular complexity index is 721. The van der Waals surface area contributed by atoms with Crippen molar-refractivity contribution >= 4 is 22.7 Å². The number of anilines is 2. The summed E-state index contributed by atoms with van der Waals surface area (Å²) in [6.07, 6.45) is 2.34. The lowest BCUT2D eigenvalue weighted by molar-refractivity contribution is 0.0523. The second-order valence-corrected chi connectivity index (χ2v) is 5.80. The van der Waals surface area contributed by atoms with Gasteiger partial charge in [0.1, 0.15) is 5.82 Å². The van der Waals surface area contributed by atoms with Gasteiger partial charge < -0.3 is 24.8 Å². The van der Waals surface area contributed by atoms with Crippen molar-refractivity contribution in [3.8, 4) is 11.5 Å². The zero-order valence-corrected chi connectivity index (χ0v) is 14.4. The Morgan fingerprint density at radius 2 is 1.96 bits per heavy atom. The number of aromatic nitrogens is 2. The lowest BCUT2D eigenvalue weighted by atomic mass is 10.1. The van der Waals surface area contributed by atoms with E-state index in [1.165, 1.54) is 0 Å². The third-order valence-electron chi connectivity index (χ3n) is 4.28. The molecule has 0 bridgehead atoms. The average molecular weight is 332 g/mol. The highest BCUT2D eigenvalue weighted by Gasteiger charge is 2.23. The van der Waals surface area contributed by atoms with Gasteiger partial charge in [0.25, 0.3) is 0 Å². The fourth-order valence-electron chi connectivity index (χ4n) is 3.10. The predicted octanol–water partition coefficient (Wildman–Crippen LogP) is 2.23. The molecule has 1 fully saturated rings. The first-order valence-electron chi connectivity index (χ1n) is 8.22. The molecule has 1 aliphatic rings. The minimum Gasteiger partial charge on any atom is -0.493 e. The molecular formula is C17H24N4O3. The van der Waals surface area contributed by atoms with E-state index in [0.717, 1.165) is 43.4 Å². The molecule has 1 atom stereocenters. The number of nitrogens with zero attached hydrogens (tertiary/aromatic N) is 3. The van der Waals surface area contributed by atoms with Crippen LogP contribution in [0.15, 0.2) is 12.1 Å². The Hall–Kier alpha value is -2.28. The van der Waals surface area contributed by atoms with Crippen molar-refractivity contribution in [2.45, 2.75) is 25.9 Å². The van der Waals surface area contributed by atoms with Crippen molar-refractivity contribution in [1.29, 1.82) is 0 Å². The number of hydrogen-bond donors (Lipinski definition) is 1.